The molecule has 90 valence electrons. The Bertz CT molecular complexity index is 465. The van der Waals surface area contributed by atoms with Gasteiger partial charge in [0.25, 0.3) is 0 Å². The molecular formula is C14H18N2S. The van der Waals surface area contributed by atoms with Gasteiger partial charge in [-0.1, -0.05) is 24.3 Å². The van der Waals surface area contributed by atoms with Gasteiger partial charge in [-0.2, -0.15) is 0 Å². The number of rotatable bonds is 4. The Morgan fingerprint density at radius 3 is 2.59 bits per heavy atom. The summed E-state index contributed by atoms with van der Waals surface area (Å²) in [6, 6.07) is 9.22. The van der Waals surface area contributed by atoms with Crippen molar-refractivity contribution in [3.63, 3.8) is 0 Å². The quantitative estimate of drug-likeness (QED) is 0.886. The van der Waals surface area contributed by atoms with Crippen molar-refractivity contribution >= 4 is 11.3 Å². The van der Waals surface area contributed by atoms with E-state index in [-0.39, 0.29) is 0 Å². The zero-order valence-corrected chi connectivity index (χ0v) is 11.3. The second-order valence-corrected chi connectivity index (χ2v) is 5.29. The first-order valence-corrected chi connectivity index (χ1v) is 6.76. The average Bonchev–Trinajstić information content (AvgIpc) is 2.82. The smallest absolute Gasteiger partial charge is 0.0794 e. The molecule has 1 N–H and O–H groups in total. The van der Waals surface area contributed by atoms with Crippen molar-refractivity contribution in [3.8, 4) is 0 Å². The summed E-state index contributed by atoms with van der Waals surface area (Å²) in [5.74, 6) is 0. The topological polar surface area (TPSA) is 24.9 Å². The summed E-state index contributed by atoms with van der Waals surface area (Å²) in [7, 11) is 0. The lowest BCUT2D eigenvalue weighted by Gasteiger charge is -2.20. The van der Waals surface area contributed by atoms with Crippen LogP contribution >= 0.6 is 11.3 Å². The van der Waals surface area contributed by atoms with Crippen LogP contribution < -0.4 is 5.32 Å². The van der Waals surface area contributed by atoms with Gasteiger partial charge in [0.2, 0.25) is 0 Å². The number of aryl methyl sites for hydroxylation is 1. The van der Waals surface area contributed by atoms with Crippen LogP contribution in [0.15, 0.2) is 36.0 Å². The van der Waals surface area contributed by atoms with Gasteiger partial charge in [0.05, 0.1) is 5.51 Å². The Hall–Kier alpha value is -1.19. The van der Waals surface area contributed by atoms with Crippen molar-refractivity contribution in [1.82, 2.24) is 10.3 Å². The van der Waals surface area contributed by atoms with Crippen molar-refractivity contribution in [1.29, 1.82) is 0 Å². The fourth-order valence-electron chi connectivity index (χ4n) is 2.06. The minimum Gasteiger partial charge on any atom is -0.303 e. The third-order valence-corrected chi connectivity index (χ3v) is 3.99. The number of hydrogen-bond acceptors (Lipinski definition) is 3. The predicted molar refractivity (Wildman–Crippen MR) is 73.3 cm³/mol. The third-order valence-electron chi connectivity index (χ3n) is 3.03. The number of nitrogens with one attached hydrogen (secondary N) is 1. The highest BCUT2D eigenvalue weighted by atomic mass is 32.1. The average molecular weight is 246 g/mol. The molecular weight excluding hydrogens is 228 g/mol. The standard InChI is InChI=1S/C14H18N2S/c1-10-6-4-5-7-13(10)11(2)16-12(3)14-8-15-9-17-14/h4-9,11-12,16H,1-3H3/t11-,12?/m1/s1. The van der Waals surface area contributed by atoms with E-state index in [1.807, 2.05) is 11.7 Å². The number of benzene rings is 1. The molecule has 0 saturated heterocycles. The van der Waals surface area contributed by atoms with Crippen LogP contribution in [0.2, 0.25) is 0 Å². The number of aromatic nitrogens is 1. The summed E-state index contributed by atoms with van der Waals surface area (Å²) in [6.07, 6.45) is 1.94. The SMILES string of the molecule is Cc1ccccc1[C@@H](C)NC(C)c1cncs1. The van der Waals surface area contributed by atoms with Gasteiger partial charge in [0.1, 0.15) is 0 Å². The fraction of sp³-hybridized carbons (Fsp3) is 0.357. The summed E-state index contributed by atoms with van der Waals surface area (Å²) < 4.78 is 0. The second kappa shape index (κ2) is 5.43. The lowest BCUT2D eigenvalue weighted by Crippen LogP contribution is -2.22. The highest BCUT2D eigenvalue weighted by Crippen LogP contribution is 2.23. The van der Waals surface area contributed by atoms with Crippen molar-refractivity contribution in [2.75, 3.05) is 0 Å². The van der Waals surface area contributed by atoms with Gasteiger partial charge in [-0.3, -0.25) is 4.98 Å². The van der Waals surface area contributed by atoms with E-state index < -0.39 is 0 Å². The second-order valence-electron chi connectivity index (χ2n) is 4.37. The summed E-state index contributed by atoms with van der Waals surface area (Å²) in [5, 5.41) is 3.61. The van der Waals surface area contributed by atoms with Crippen LogP contribution in [-0.4, -0.2) is 4.98 Å². The first kappa shape index (κ1) is 12.3. The van der Waals surface area contributed by atoms with Crippen molar-refractivity contribution in [2.45, 2.75) is 32.9 Å². The Labute approximate surface area is 107 Å². The van der Waals surface area contributed by atoms with Crippen LogP contribution in [0.5, 0.6) is 0 Å². The van der Waals surface area contributed by atoms with Crippen molar-refractivity contribution in [3.05, 3.63) is 52.0 Å². The number of nitrogens with zero attached hydrogens (tertiary/aromatic N) is 1. The fourth-order valence-corrected chi connectivity index (χ4v) is 2.70. The molecule has 0 aliphatic carbocycles. The molecule has 1 heterocycles. The lowest BCUT2D eigenvalue weighted by molar-refractivity contribution is 0.498. The minimum absolute atomic E-state index is 0.345. The van der Waals surface area contributed by atoms with Crippen LogP contribution in [0.1, 0.15) is 41.9 Å². The van der Waals surface area contributed by atoms with Gasteiger partial charge in [0.15, 0.2) is 0 Å². The molecule has 2 rings (SSSR count). The van der Waals surface area contributed by atoms with Gasteiger partial charge < -0.3 is 5.32 Å². The van der Waals surface area contributed by atoms with E-state index in [4.69, 9.17) is 0 Å². The summed E-state index contributed by atoms with van der Waals surface area (Å²) in [4.78, 5) is 5.40. The highest BCUT2D eigenvalue weighted by Gasteiger charge is 2.13. The van der Waals surface area contributed by atoms with E-state index in [2.05, 4.69) is 55.3 Å². The Balaban J connectivity index is 2.07. The molecule has 1 aromatic carbocycles. The van der Waals surface area contributed by atoms with E-state index in [0.29, 0.717) is 12.1 Å². The molecule has 0 saturated carbocycles. The van der Waals surface area contributed by atoms with Gasteiger partial charge in [-0.15, -0.1) is 11.3 Å². The van der Waals surface area contributed by atoms with E-state index in [1.165, 1.54) is 16.0 Å². The zero-order chi connectivity index (χ0) is 12.3. The van der Waals surface area contributed by atoms with Crippen LogP contribution in [-0.2, 0) is 0 Å². The maximum Gasteiger partial charge on any atom is 0.0794 e. The van der Waals surface area contributed by atoms with Gasteiger partial charge in [-0.05, 0) is 31.9 Å². The molecule has 17 heavy (non-hydrogen) atoms. The zero-order valence-electron chi connectivity index (χ0n) is 10.5. The normalized spacial score (nSPS) is 14.5. The van der Waals surface area contributed by atoms with Crippen LogP contribution in [0.3, 0.4) is 0 Å². The lowest BCUT2D eigenvalue weighted by atomic mass is 10.0. The highest BCUT2D eigenvalue weighted by molar-refractivity contribution is 7.09. The molecule has 3 heteroatoms. The van der Waals surface area contributed by atoms with Gasteiger partial charge >= 0.3 is 0 Å². The summed E-state index contributed by atoms with van der Waals surface area (Å²) in [6.45, 7) is 6.55. The predicted octanol–water partition coefficient (Wildman–Crippen LogP) is 3.86. The van der Waals surface area contributed by atoms with Crippen LogP contribution in [0.4, 0.5) is 0 Å². The molecule has 0 fully saturated rings. The summed E-state index contributed by atoms with van der Waals surface area (Å²) >= 11 is 1.70. The van der Waals surface area contributed by atoms with Crippen molar-refractivity contribution in [2.24, 2.45) is 0 Å². The van der Waals surface area contributed by atoms with E-state index in [0.717, 1.165) is 0 Å². The van der Waals surface area contributed by atoms with E-state index >= 15 is 0 Å². The first-order valence-electron chi connectivity index (χ1n) is 5.88. The Kier molecular flexibility index (Phi) is 3.92. The maximum atomic E-state index is 4.12. The molecule has 2 nitrogen and oxygen atoms in total. The molecule has 2 atom stereocenters. The number of hydrogen-bond donors (Lipinski definition) is 1. The number of thiazole rings is 1. The van der Waals surface area contributed by atoms with Crippen LogP contribution in [0, 0.1) is 6.92 Å². The molecule has 0 aliphatic rings. The molecule has 0 amide bonds. The third kappa shape index (κ3) is 2.93. The minimum atomic E-state index is 0.345. The molecule has 2 aromatic rings. The maximum absolute atomic E-state index is 4.12. The van der Waals surface area contributed by atoms with Gasteiger partial charge in [0, 0.05) is 23.2 Å². The van der Waals surface area contributed by atoms with Gasteiger partial charge in [-0.25, -0.2) is 0 Å². The molecule has 0 aliphatic heterocycles. The molecule has 0 bridgehead atoms. The molecule has 0 spiro atoms. The Morgan fingerprint density at radius 1 is 1.18 bits per heavy atom. The molecule has 1 unspecified atom stereocenters. The largest absolute Gasteiger partial charge is 0.303 e. The van der Waals surface area contributed by atoms with Crippen LogP contribution in [0.25, 0.3) is 0 Å². The molecule has 1 aromatic heterocycles. The summed E-state index contributed by atoms with van der Waals surface area (Å²) in [5.41, 5.74) is 4.58. The monoisotopic (exact) mass is 246 g/mol. The van der Waals surface area contributed by atoms with E-state index in [9.17, 15) is 0 Å². The first-order chi connectivity index (χ1) is 8.18. The van der Waals surface area contributed by atoms with Crippen molar-refractivity contribution < 1.29 is 0 Å². The van der Waals surface area contributed by atoms with E-state index in [1.54, 1.807) is 11.3 Å². The Morgan fingerprint density at radius 2 is 1.94 bits per heavy atom. The molecule has 0 radical (unpaired) electrons.